The molecule has 2 rings (SSSR count). The summed E-state index contributed by atoms with van der Waals surface area (Å²) in [6.07, 6.45) is 1.46. The Morgan fingerprint density at radius 1 is 1.33 bits per heavy atom. The van der Waals surface area contributed by atoms with E-state index in [0.717, 1.165) is 0 Å². The van der Waals surface area contributed by atoms with Crippen molar-refractivity contribution >= 4 is 49.2 Å². The smallest absolute Gasteiger partial charge is 0.243 e. The third-order valence-electron chi connectivity index (χ3n) is 3.36. The zero-order chi connectivity index (χ0) is 15.5. The second-order valence-corrected chi connectivity index (χ2v) is 8.32. The highest BCUT2D eigenvalue weighted by Crippen LogP contribution is 2.28. The third-order valence-corrected chi connectivity index (χ3v) is 6.62. The van der Waals surface area contributed by atoms with Gasteiger partial charge in [-0.1, -0.05) is 11.6 Å². The second kappa shape index (κ2) is 7.62. The monoisotopic (exact) mass is 415 g/mol. The fraction of sp³-hybridized carbons (Fsp3) is 0.538. The lowest BCUT2D eigenvalue weighted by Gasteiger charge is -2.31. The van der Waals surface area contributed by atoms with Gasteiger partial charge in [0.2, 0.25) is 10.0 Å². The van der Waals surface area contributed by atoms with E-state index in [0.29, 0.717) is 47.9 Å². The Labute approximate surface area is 143 Å². The minimum absolute atomic E-state index is 0.0900. The predicted octanol–water partition coefficient (Wildman–Crippen LogP) is 3.51. The lowest BCUT2D eigenvalue weighted by molar-refractivity contribution is 0.0301. The van der Waals surface area contributed by atoms with Crippen LogP contribution in [0.25, 0.3) is 0 Å². The van der Waals surface area contributed by atoms with E-state index in [9.17, 15) is 8.42 Å². The van der Waals surface area contributed by atoms with Gasteiger partial charge in [-0.2, -0.15) is 4.31 Å². The molecule has 0 spiro atoms. The summed E-state index contributed by atoms with van der Waals surface area (Å²) in [5, 5.41) is 0.488. The molecule has 1 saturated heterocycles. The molecule has 118 valence electrons. The summed E-state index contributed by atoms with van der Waals surface area (Å²) in [5.74, 6) is 0.456. The molecule has 1 fully saturated rings. The third kappa shape index (κ3) is 4.33. The van der Waals surface area contributed by atoms with Crippen molar-refractivity contribution in [1.82, 2.24) is 4.31 Å². The molecule has 0 aromatic heterocycles. The second-order valence-electron chi connectivity index (χ2n) is 4.74. The largest absolute Gasteiger partial charge is 0.377 e. The number of ether oxygens (including phenoxy) is 1. The fourth-order valence-electron chi connectivity index (χ4n) is 2.24. The number of sulfonamides is 1. The first-order chi connectivity index (χ1) is 9.95. The van der Waals surface area contributed by atoms with Gasteiger partial charge in [-0.3, -0.25) is 0 Å². The van der Waals surface area contributed by atoms with E-state index in [-0.39, 0.29) is 11.0 Å². The Morgan fingerprint density at radius 2 is 2.00 bits per heavy atom. The van der Waals surface area contributed by atoms with Crippen LogP contribution in [0.3, 0.4) is 0 Å². The van der Waals surface area contributed by atoms with Crippen LogP contribution in [-0.4, -0.2) is 44.4 Å². The van der Waals surface area contributed by atoms with E-state index >= 15 is 0 Å². The van der Waals surface area contributed by atoms with Crippen molar-refractivity contribution in [2.24, 2.45) is 0 Å². The van der Waals surface area contributed by atoms with E-state index in [2.05, 4.69) is 15.9 Å². The SMILES string of the molecule is O=S(=O)(c1ccc(Cl)c(Br)c1)N1CCC(OCCCl)CC1. The van der Waals surface area contributed by atoms with Crippen molar-refractivity contribution in [3.8, 4) is 0 Å². The molecule has 8 heteroatoms. The molecule has 0 saturated carbocycles. The number of nitrogens with zero attached hydrogens (tertiary/aromatic N) is 1. The zero-order valence-electron chi connectivity index (χ0n) is 11.3. The first kappa shape index (κ1) is 17.5. The predicted molar refractivity (Wildman–Crippen MR) is 87.6 cm³/mol. The van der Waals surface area contributed by atoms with Gasteiger partial charge < -0.3 is 4.74 Å². The van der Waals surface area contributed by atoms with Crippen molar-refractivity contribution in [3.05, 3.63) is 27.7 Å². The molecule has 4 nitrogen and oxygen atoms in total. The van der Waals surface area contributed by atoms with Gasteiger partial charge in [0.1, 0.15) is 0 Å². The highest BCUT2D eigenvalue weighted by Gasteiger charge is 2.29. The average molecular weight is 417 g/mol. The van der Waals surface area contributed by atoms with Crippen LogP contribution in [0, 0.1) is 0 Å². The lowest BCUT2D eigenvalue weighted by atomic mass is 10.1. The van der Waals surface area contributed by atoms with Gasteiger partial charge in [0.15, 0.2) is 0 Å². The Kier molecular flexibility index (Phi) is 6.35. The fourth-order valence-corrected chi connectivity index (χ4v) is 4.47. The summed E-state index contributed by atoms with van der Waals surface area (Å²) in [7, 11) is -3.48. The number of rotatable bonds is 5. The Hall–Kier alpha value is 0.150. The first-order valence-corrected chi connectivity index (χ1v) is 9.72. The van der Waals surface area contributed by atoms with Crippen LogP contribution in [-0.2, 0) is 14.8 Å². The summed E-state index contributed by atoms with van der Waals surface area (Å²) in [6.45, 7) is 1.41. The molecule has 0 radical (unpaired) electrons. The summed E-state index contributed by atoms with van der Waals surface area (Å²) in [6, 6.07) is 4.64. The number of alkyl halides is 1. The highest BCUT2D eigenvalue weighted by atomic mass is 79.9. The topological polar surface area (TPSA) is 46.6 Å². The van der Waals surface area contributed by atoms with Gasteiger partial charge in [0.25, 0.3) is 0 Å². The van der Waals surface area contributed by atoms with E-state index < -0.39 is 10.0 Å². The number of hydrogen-bond donors (Lipinski definition) is 0. The Balaban J connectivity index is 2.06. The summed E-state index contributed by atoms with van der Waals surface area (Å²) < 4.78 is 32.8. The normalized spacial score (nSPS) is 18.0. The molecule has 1 aliphatic heterocycles. The van der Waals surface area contributed by atoms with Crippen molar-refractivity contribution in [2.45, 2.75) is 23.8 Å². The van der Waals surface area contributed by atoms with E-state index in [4.69, 9.17) is 27.9 Å². The van der Waals surface area contributed by atoms with Gasteiger partial charge in [-0.15, -0.1) is 11.6 Å². The Morgan fingerprint density at radius 3 is 2.57 bits per heavy atom. The molecule has 0 atom stereocenters. The standard InChI is InChI=1S/C13H16BrCl2NO3S/c14-12-9-11(1-2-13(12)16)21(18,19)17-6-3-10(4-7-17)20-8-5-15/h1-2,9-10H,3-8H2. The van der Waals surface area contributed by atoms with Crippen molar-refractivity contribution in [3.63, 3.8) is 0 Å². The summed E-state index contributed by atoms with van der Waals surface area (Å²) in [5.41, 5.74) is 0. The number of halogens is 3. The molecule has 0 N–H and O–H groups in total. The quantitative estimate of drug-likeness (QED) is 0.690. The maximum atomic E-state index is 12.6. The number of hydrogen-bond acceptors (Lipinski definition) is 3. The van der Waals surface area contributed by atoms with Crippen LogP contribution in [0.5, 0.6) is 0 Å². The molecular formula is C13H16BrCl2NO3S. The Bertz CT molecular complexity index is 589. The van der Waals surface area contributed by atoms with Crippen molar-refractivity contribution < 1.29 is 13.2 Å². The highest BCUT2D eigenvalue weighted by molar-refractivity contribution is 9.10. The number of piperidine rings is 1. The molecular weight excluding hydrogens is 401 g/mol. The van der Waals surface area contributed by atoms with Crippen LogP contribution < -0.4 is 0 Å². The van der Waals surface area contributed by atoms with Gasteiger partial charge in [-0.05, 0) is 47.0 Å². The molecule has 1 heterocycles. The number of benzene rings is 1. The minimum Gasteiger partial charge on any atom is -0.377 e. The van der Waals surface area contributed by atoms with Gasteiger partial charge in [0.05, 0.1) is 22.6 Å². The van der Waals surface area contributed by atoms with Crippen LogP contribution in [0.1, 0.15) is 12.8 Å². The molecule has 0 amide bonds. The lowest BCUT2D eigenvalue weighted by Crippen LogP contribution is -2.41. The van der Waals surface area contributed by atoms with Gasteiger partial charge in [0, 0.05) is 23.4 Å². The van der Waals surface area contributed by atoms with Gasteiger partial charge >= 0.3 is 0 Å². The van der Waals surface area contributed by atoms with Crippen molar-refractivity contribution in [2.75, 3.05) is 25.6 Å². The zero-order valence-corrected chi connectivity index (χ0v) is 15.2. The van der Waals surface area contributed by atoms with E-state index in [1.807, 2.05) is 0 Å². The minimum atomic E-state index is -3.48. The van der Waals surface area contributed by atoms with E-state index in [1.54, 1.807) is 6.07 Å². The van der Waals surface area contributed by atoms with Crippen LogP contribution in [0.15, 0.2) is 27.6 Å². The van der Waals surface area contributed by atoms with Gasteiger partial charge in [-0.25, -0.2) is 8.42 Å². The molecule has 0 unspecified atom stereocenters. The molecule has 1 aromatic rings. The first-order valence-electron chi connectivity index (χ1n) is 6.58. The maximum Gasteiger partial charge on any atom is 0.243 e. The summed E-state index contributed by atoms with van der Waals surface area (Å²) in [4.78, 5) is 0.249. The molecule has 1 aromatic carbocycles. The van der Waals surface area contributed by atoms with Crippen LogP contribution in [0.2, 0.25) is 5.02 Å². The van der Waals surface area contributed by atoms with Crippen LogP contribution >= 0.6 is 39.1 Å². The average Bonchev–Trinajstić information content (AvgIpc) is 2.48. The van der Waals surface area contributed by atoms with E-state index in [1.165, 1.54) is 16.4 Å². The molecule has 0 bridgehead atoms. The summed E-state index contributed by atoms with van der Waals surface area (Å²) >= 11 is 14.7. The molecule has 1 aliphatic rings. The molecule has 0 aliphatic carbocycles. The molecule has 21 heavy (non-hydrogen) atoms. The van der Waals surface area contributed by atoms with Crippen LogP contribution in [0.4, 0.5) is 0 Å². The maximum absolute atomic E-state index is 12.6. The van der Waals surface area contributed by atoms with Crippen molar-refractivity contribution in [1.29, 1.82) is 0 Å².